The van der Waals surface area contributed by atoms with Crippen LogP contribution in [-0.4, -0.2) is 43.4 Å². The number of nitrogens with one attached hydrogen (secondary N) is 1. The first-order chi connectivity index (χ1) is 14.6. The average molecular weight is 449 g/mol. The lowest BCUT2D eigenvalue weighted by atomic mass is 9.97. The van der Waals surface area contributed by atoms with Crippen molar-refractivity contribution in [2.45, 2.75) is 50.2 Å². The second-order valence-corrected chi connectivity index (χ2v) is 10.5. The monoisotopic (exact) mass is 448 g/mol. The third kappa shape index (κ3) is 7.02. The fourth-order valence-corrected chi connectivity index (χ4v) is 4.80. The van der Waals surface area contributed by atoms with Crippen molar-refractivity contribution in [2.75, 3.05) is 12.4 Å². The summed E-state index contributed by atoms with van der Waals surface area (Å²) in [5, 5.41) is 0. The van der Waals surface area contributed by atoms with E-state index in [0.29, 0.717) is 30.9 Å². The number of sulfone groups is 1. The molecule has 0 saturated carbocycles. The number of amides is 1. The number of pyridine rings is 1. The summed E-state index contributed by atoms with van der Waals surface area (Å²) in [6, 6.07) is 9.75. The maximum atomic E-state index is 12.9. The van der Waals surface area contributed by atoms with Crippen LogP contribution in [0.3, 0.4) is 0 Å². The fraction of sp³-hybridized carbons (Fsp3) is 0.455. The maximum Gasteiger partial charge on any atom is 0.272 e. The molecule has 2 heterocycles. The van der Waals surface area contributed by atoms with Gasteiger partial charge in [-0.15, -0.1) is 0 Å². The highest BCUT2D eigenvalue weighted by atomic mass is 32.2. The van der Waals surface area contributed by atoms with Crippen LogP contribution >= 0.6 is 0 Å². The van der Waals surface area contributed by atoms with E-state index in [4.69, 9.17) is 14.3 Å². The largest absolute Gasteiger partial charge is 0.457 e. The summed E-state index contributed by atoms with van der Waals surface area (Å²) in [5.74, 6) is 0.524. The van der Waals surface area contributed by atoms with Gasteiger partial charge in [0.25, 0.3) is 5.91 Å². The number of nitrogens with zero attached hydrogens (tertiary/aromatic N) is 1. The second-order valence-electron chi connectivity index (χ2n) is 8.47. The first-order valence-corrected chi connectivity index (χ1v) is 11.8. The molecule has 0 aliphatic carbocycles. The van der Waals surface area contributed by atoms with Gasteiger partial charge < -0.3 is 9.47 Å². The van der Waals surface area contributed by atoms with Gasteiger partial charge in [0, 0.05) is 19.0 Å². The summed E-state index contributed by atoms with van der Waals surface area (Å²) in [7, 11) is -3.52. The van der Waals surface area contributed by atoms with Crippen LogP contribution in [0.2, 0.25) is 0 Å². The van der Waals surface area contributed by atoms with Crippen molar-refractivity contribution in [1.82, 2.24) is 10.5 Å². The minimum Gasteiger partial charge on any atom is -0.457 e. The van der Waals surface area contributed by atoms with Gasteiger partial charge in [-0.3, -0.25) is 14.6 Å². The van der Waals surface area contributed by atoms with Crippen LogP contribution in [0.5, 0.6) is 11.5 Å². The third-order valence-corrected chi connectivity index (χ3v) is 6.57. The molecule has 0 spiro atoms. The van der Waals surface area contributed by atoms with E-state index < -0.39 is 27.4 Å². The summed E-state index contributed by atoms with van der Waals surface area (Å²) in [6.07, 6.45) is 3.40. The van der Waals surface area contributed by atoms with Crippen molar-refractivity contribution in [3.63, 3.8) is 0 Å². The molecule has 2 aromatic rings. The topological polar surface area (TPSA) is 104 Å². The van der Waals surface area contributed by atoms with Gasteiger partial charge >= 0.3 is 0 Å². The van der Waals surface area contributed by atoms with Crippen LogP contribution in [0.4, 0.5) is 0 Å². The molecule has 1 aromatic carbocycles. The molecule has 1 saturated heterocycles. The summed E-state index contributed by atoms with van der Waals surface area (Å²) in [4.78, 5) is 21.7. The highest BCUT2D eigenvalue weighted by Crippen LogP contribution is 2.27. The molecule has 2 atom stereocenters. The molecule has 0 bridgehead atoms. The number of carbonyl (C=O) groups is 1. The number of ether oxygens (including phenoxy) is 2. The number of rotatable bonds is 7. The van der Waals surface area contributed by atoms with Gasteiger partial charge in [0.1, 0.15) is 17.6 Å². The lowest BCUT2D eigenvalue weighted by Gasteiger charge is -2.29. The van der Waals surface area contributed by atoms with Crippen LogP contribution in [-0.2, 0) is 24.2 Å². The quantitative estimate of drug-likeness (QED) is 0.648. The Labute approximate surface area is 182 Å². The van der Waals surface area contributed by atoms with Gasteiger partial charge in [0.2, 0.25) is 0 Å². The molecule has 3 rings (SSSR count). The first-order valence-electron chi connectivity index (χ1n) is 10.1. The predicted molar refractivity (Wildman–Crippen MR) is 114 cm³/mol. The Morgan fingerprint density at radius 2 is 1.77 bits per heavy atom. The molecule has 8 nitrogen and oxygen atoms in total. The van der Waals surface area contributed by atoms with E-state index in [1.807, 2.05) is 20.8 Å². The van der Waals surface area contributed by atoms with Crippen LogP contribution in [0.1, 0.15) is 33.6 Å². The van der Waals surface area contributed by atoms with Gasteiger partial charge in [0.05, 0.1) is 16.2 Å². The van der Waals surface area contributed by atoms with Crippen molar-refractivity contribution in [3.05, 3.63) is 48.8 Å². The zero-order valence-electron chi connectivity index (χ0n) is 17.9. The number of carbonyl (C=O) groups excluding carboxylic acids is 1. The van der Waals surface area contributed by atoms with Crippen molar-refractivity contribution in [2.24, 2.45) is 5.92 Å². The smallest absolute Gasteiger partial charge is 0.272 e. The van der Waals surface area contributed by atoms with E-state index in [1.54, 1.807) is 36.7 Å². The lowest BCUT2D eigenvalue weighted by molar-refractivity contribution is -0.160. The average Bonchev–Trinajstić information content (AvgIpc) is 2.72. The highest BCUT2D eigenvalue weighted by molar-refractivity contribution is 7.91. The van der Waals surface area contributed by atoms with Gasteiger partial charge in [-0.25, -0.2) is 13.9 Å². The molecule has 2 unspecified atom stereocenters. The summed E-state index contributed by atoms with van der Waals surface area (Å²) >= 11 is 0. The molecule has 1 fully saturated rings. The summed E-state index contributed by atoms with van der Waals surface area (Å²) in [6.45, 7) is 5.78. The molecule has 9 heteroatoms. The standard InChI is InChI=1S/C22H28N2O6S/c1-22(2,3)30-24-21(25)20-14-16(10-13-28-20)15-31(26,27)19-6-4-17(5-7-19)29-18-8-11-23-12-9-18/h4-9,11-12,16,20H,10,13-15H2,1-3H3,(H,24,25). The van der Waals surface area contributed by atoms with Crippen LogP contribution < -0.4 is 10.2 Å². The van der Waals surface area contributed by atoms with Crippen molar-refractivity contribution < 1.29 is 27.5 Å². The fourth-order valence-electron chi connectivity index (χ4n) is 3.13. The molecule has 31 heavy (non-hydrogen) atoms. The predicted octanol–water partition coefficient (Wildman–Crippen LogP) is 3.29. The molecule has 1 aliphatic heterocycles. The molecule has 0 radical (unpaired) electrons. The van der Waals surface area contributed by atoms with Crippen molar-refractivity contribution >= 4 is 15.7 Å². The Kier molecular flexibility index (Phi) is 7.30. The van der Waals surface area contributed by atoms with Gasteiger partial charge in [-0.1, -0.05) is 0 Å². The van der Waals surface area contributed by atoms with Gasteiger partial charge in [0.15, 0.2) is 9.84 Å². The lowest BCUT2D eigenvalue weighted by Crippen LogP contribution is -2.44. The first kappa shape index (κ1) is 23.2. The minimum atomic E-state index is -3.52. The summed E-state index contributed by atoms with van der Waals surface area (Å²) < 4.78 is 37.0. The molecular weight excluding hydrogens is 420 g/mol. The molecule has 1 aromatic heterocycles. The Morgan fingerprint density at radius 3 is 2.42 bits per heavy atom. The zero-order chi connectivity index (χ0) is 22.5. The number of benzene rings is 1. The van der Waals surface area contributed by atoms with E-state index in [2.05, 4.69) is 10.5 Å². The molecule has 1 aliphatic rings. The van der Waals surface area contributed by atoms with Gasteiger partial charge in [-0.05, 0) is 75.9 Å². The molecule has 1 amide bonds. The van der Waals surface area contributed by atoms with Crippen molar-refractivity contribution in [1.29, 1.82) is 0 Å². The normalized spacial score (nSPS) is 19.6. The second kappa shape index (κ2) is 9.76. The number of hydroxylamine groups is 1. The van der Waals surface area contributed by atoms with E-state index in [0.717, 1.165) is 0 Å². The Bertz CT molecular complexity index is 971. The third-order valence-electron chi connectivity index (χ3n) is 4.67. The number of aromatic nitrogens is 1. The SMILES string of the molecule is CC(C)(C)ONC(=O)C1CC(CS(=O)(=O)c2ccc(Oc3ccncc3)cc2)CCO1. The molecular formula is C22H28N2O6S. The van der Waals surface area contributed by atoms with E-state index >= 15 is 0 Å². The number of hydrogen-bond donors (Lipinski definition) is 1. The van der Waals surface area contributed by atoms with Gasteiger partial charge in [-0.2, -0.15) is 0 Å². The van der Waals surface area contributed by atoms with E-state index in [1.165, 1.54) is 12.1 Å². The van der Waals surface area contributed by atoms with Crippen LogP contribution in [0, 0.1) is 5.92 Å². The Morgan fingerprint density at radius 1 is 1.13 bits per heavy atom. The van der Waals surface area contributed by atoms with Crippen molar-refractivity contribution in [3.8, 4) is 11.5 Å². The maximum absolute atomic E-state index is 12.9. The summed E-state index contributed by atoms with van der Waals surface area (Å²) in [5.41, 5.74) is 1.87. The minimum absolute atomic E-state index is 0.0508. The highest BCUT2D eigenvalue weighted by Gasteiger charge is 2.32. The van der Waals surface area contributed by atoms with Crippen LogP contribution in [0.25, 0.3) is 0 Å². The number of hydrogen-bond acceptors (Lipinski definition) is 7. The van der Waals surface area contributed by atoms with Crippen LogP contribution in [0.15, 0.2) is 53.7 Å². The zero-order valence-corrected chi connectivity index (χ0v) is 18.7. The Hall–Kier alpha value is -2.49. The van der Waals surface area contributed by atoms with E-state index in [9.17, 15) is 13.2 Å². The van der Waals surface area contributed by atoms with E-state index in [-0.39, 0.29) is 16.6 Å². The Balaban J connectivity index is 1.58. The molecule has 168 valence electrons. The molecule has 1 N–H and O–H groups in total.